The van der Waals surface area contributed by atoms with Crippen LogP contribution in [0.1, 0.15) is 21.5 Å². The van der Waals surface area contributed by atoms with E-state index in [4.69, 9.17) is 0 Å². The number of carbonyl (C=O) groups excluding carboxylic acids is 1. The molecule has 0 unspecified atom stereocenters. The summed E-state index contributed by atoms with van der Waals surface area (Å²) in [5.41, 5.74) is 3.13. The van der Waals surface area contributed by atoms with E-state index in [-0.39, 0.29) is 5.56 Å². The second kappa shape index (κ2) is 5.78. The molecule has 3 aromatic heterocycles. The molecular formula is C18H14N4O2S. The highest BCUT2D eigenvalue weighted by molar-refractivity contribution is 7.22. The largest absolute Gasteiger partial charge is 0.298 e. The summed E-state index contributed by atoms with van der Waals surface area (Å²) < 4.78 is 2.35. The topological polar surface area (TPSA) is 76.4 Å². The van der Waals surface area contributed by atoms with Gasteiger partial charge in [0.1, 0.15) is 11.2 Å². The van der Waals surface area contributed by atoms with Gasteiger partial charge >= 0.3 is 0 Å². The highest BCUT2D eigenvalue weighted by Gasteiger charge is 2.16. The van der Waals surface area contributed by atoms with Crippen LogP contribution >= 0.6 is 11.3 Å². The first-order valence-electron chi connectivity index (χ1n) is 7.68. The molecule has 1 N–H and O–H groups in total. The van der Waals surface area contributed by atoms with Crippen LogP contribution in [-0.4, -0.2) is 20.3 Å². The number of thiazole rings is 1. The molecule has 0 spiro atoms. The van der Waals surface area contributed by atoms with Crippen LogP contribution in [0, 0.1) is 13.8 Å². The minimum Gasteiger partial charge on any atom is -0.298 e. The van der Waals surface area contributed by atoms with E-state index in [2.05, 4.69) is 15.3 Å². The van der Waals surface area contributed by atoms with Crippen molar-refractivity contribution in [2.75, 3.05) is 5.32 Å². The van der Waals surface area contributed by atoms with Crippen LogP contribution in [0.3, 0.4) is 0 Å². The lowest BCUT2D eigenvalue weighted by atomic mass is 10.1. The van der Waals surface area contributed by atoms with Crippen molar-refractivity contribution < 1.29 is 4.79 Å². The number of hydrogen-bond donors (Lipinski definition) is 1. The first-order chi connectivity index (χ1) is 12.0. The number of aryl methyl sites for hydroxylation is 2. The van der Waals surface area contributed by atoms with Gasteiger partial charge in [0.15, 0.2) is 5.13 Å². The summed E-state index contributed by atoms with van der Waals surface area (Å²) in [6, 6.07) is 9.29. The third-order valence-electron chi connectivity index (χ3n) is 3.91. The van der Waals surface area contributed by atoms with Crippen molar-refractivity contribution in [1.29, 1.82) is 0 Å². The fourth-order valence-corrected chi connectivity index (χ4v) is 3.81. The smallest absolute Gasteiger partial charge is 0.270 e. The van der Waals surface area contributed by atoms with Crippen molar-refractivity contribution in [3.8, 4) is 0 Å². The van der Waals surface area contributed by atoms with Gasteiger partial charge in [-0.15, -0.1) is 0 Å². The standard InChI is InChI=1S/C18H14N4O2S/c1-10-7-11(2)15-13(8-10)25-18(20-15)21-16(23)12-9-19-14-5-3-4-6-22(14)17(12)24/h3-9H,1-2H3,(H,20,21,23). The van der Waals surface area contributed by atoms with Crippen LogP contribution in [0.5, 0.6) is 0 Å². The molecule has 1 aromatic carbocycles. The molecule has 0 aliphatic heterocycles. The molecule has 0 fully saturated rings. The van der Waals surface area contributed by atoms with E-state index in [9.17, 15) is 9.59 Å². The predicted molar refractivity (Wildman–Crippen MR) is 98.5 cm³/mol. The van der Waals surface area contributed by atoms with E-state index in [1.807, 2.05) is 26.0 Å². The molecule has 0 saturated heterocycles. The lowest BCUT2D eigenvalue weighted by Gasteiger charge is -2.03. The van der Waals surface area contributed by atoms with Gasteiger partial charge in [0.05, 0.1) is 10.2 Å². The van der Waals surface area contributed by atoms with Crippen LogP contribution in [0.15, 0.2) is 47.5 Å². The molecule has 3 heterocycles. The minimum atomic E-state index is -0.510. The number of benzene rings is 1. The molecule has 25 heavy (non-hydrogen) atoms. The molecule has 7 heteroatoms. The van der Waals surface area contributed by atoms with Gasteiger partial charge in [0, 0.05) is 12.4 Å². The van der Waals surface area contributed by atoms with Crippen LogP contribution < -0.4 is 10.9 Å². The summed E-state index contributed by atoms with van der Waals surface area (Å²) in [7, 11) is 0. The number of anilines is 1. The quantitative estimate of drug-likeness (QED) is 0.602. The van der Waals surface area contributed by atoms with Gasteiger partial charge in [-0.05, 0) is 43.2 Å². The van der Waals surface area contributed by atoms with Crippen LogP contribution in [0.2, 0.25) is 0 Å². The summed E-state index contributed by atoms with van der Waals surface area (Å²) in [6.45, 7) is 4.01. The summed E-state index contributed by atoms with van der Waals surface area (Å²) >= 11 is 1.39. The number of pyridine rings is 1. The van der Waals surface area contributed by atoms with Gasteiger partial charge < -0.3 is 0 Å². The Labute approximate surface area is 146 Å². The minimum absolute atomic E-state index is 0.0177. The Kier molecular flexibility index (Phi) is 3.58. The number of hydrogen-bond acceptors (Lipinski definition) is 5. The lowest BCUT2D eigenvalue weighted by molar-refractivity contribution is 0.102. The Balaban J connectivity index is 1.72. The number of fused-ring (bicyclic) bond motifs is 2. The Morgan fingerprint density at radius 2 is 2.08 bits per heavy atom. The normalized spacial score (nSPS) is 11.1. The Hall–Kier alpha value is -3.06. The van der Waals surface area contributed by atoms with Crippen molar-refractivity contribution in [2.45, 2.75) is 13.8 Å². The zero-order chi connectivity index (χ0) is 17.6. The van der Waals surface area contributed by atoms with Crippen LogP contribution in [0.4, 0.5) is 5.13 Å². The van der Waals surface area contributed by atoms with Gasteiger partial charge in [-0.2, -0.15) is 0 Å². The second-order valence-corrected chi connectivity index (χ2v) is 6.84. The Bertz CT molecular complexity index is 1190. The molecule has 0 bridgehead atoms. The third kappa shape index (κ3) is 2.68. The summed E-state index contributed by atoms with van der Waals surface area (Å²) in [5, 5.41) is 3.18. The summed E-state index contributed by atoms with van der Waals surface area (Å²) in [5.74, 6) is -0.510. The Morgan fingerprint density at radius 3 is 2.92 bits per heavy atom. The van der Waals surface area contributed by atoms with E-state index < -0.39 is 11.5 Å². The molecule has 6 nitrogen and oxygen atoms in total. The van der Waals surface area contributed by atoms with Gasteiger partial charge in [0.2, 0.25) is 0 Å². The molecule has 4 rings (SSSR count). The third-order valence-corrected chi connectivity index (χ3v) is 4.83. The number of amides is 1. The van der Waals surface area contributed by atoms with Crippen LogP contribution in [0.25, 0.3) is 15.9 Å². The maximum atomic E-state index is 12.5. The van der Waals surface area contributed by atoms with E-state index in [0.29, 0.717) is 10.8 Å². The monoisotopic (exact) mass is 350 g/mol. The lowest BCUT2D eigenvalue weighted by Crippen LogP contribution is -2.26. The summed E-state index contributed by atoms with van der Waals surface area (Å²) in [6.07, 6.45) is 2.89. The van der Waals surface area contributed by atoms with Gasteiger partial charge in [-0.25, -0.2) is 9.97 Å². The van der Waals surface area contributed by atoms with E-state index in [1.54, 1.807) is 24.4 Å². The van der Waals surface area contributed by atoms with Gasteiger partial charge in [-0.3, -0.25) is 19.3 Å². The first kappa shape index (κ1) is 15.5. The van der Waals surface area contributed by atoms with Crippen LogP contribution in [-0.2, 0) is 0 Å². The summed E-state index contributed by atoms with van der Waals surface area (Å²) in [4.78, 5) is 33.6. The molecule has 1 amide bonds. The zero-order valence-corrected chi connectivity index (χ0v) is 14.4. The van der Waals surface area contributed by atoms with Crippen molar-refractivity contribution in [1.82, 2.24) is 14.4 Å². The average molecular weight is 350 g/mol. The maximum Gasteiger partial charge on any atom is 0.270 e. The molecule has 0 aliphatic carbocycles. The predicted octanol–water partition coefficient (Wildman–Crippen LogP) is 3.17. The number of carbonyl (C=O) groups is 1. The zero-order valence-electron chi connectivity index (χ0n) is 13.6. The second-order valence-electron chi connectivity index (χ2n) is 5.81. The van der Waals surface area contributed by atoms with E-state index >= 15 is 0 Å². The fourth-order valence-electron chi connectivity index (χ4n) is 2.77. The molecule has 0 atom stereocenters. The van der Waals surface area contributed by atoms with Gasteiger partial charge in [-0.1, -0.05) is 23.5 Å². The molecule has 4 aromatic rings. The number of aromatic nitrogens is 3. The van der Waals surface area contributed by atoms with E-state index in [0.717, 1.165) is 21.3 Å². The van der Waals surface area contributed by atoms with Crippen molar-refractivity contribution in [3.05, 3.63) is 69.8 Å². The molecule has 0 aliphatic rings. The highest BCUT2D eigenvalue weighted by atomic mass is 32.1. The maximum absolute atomic E-state index is 12.5. The number of rotatable bonds is 2. The highest BCUT2D eigenvalue weighted by Crippen LogP contribution is 2.29. The number of nitrogens with zero attached hydrogens (tertiary/aromatic N) is 3. The molecule has 0 radical (unpaired) electrons. The van der Waals surface area contributed by atoms with Gasteiger partial charge in [0.25, 0.3) is 11.5 Å². The molecular weight excluding hydrogens is 336 g/mol. The van der Waals surface area contributed by atoms with Crippen molar-refractivity contribution in [3.63, 3.8) is 0 Å². The number of nitrogens with one attached hydrogen (secondary N) is 1. The fraction of sp³-hybridized carbons (Fsp3) is 0.111. The van der Waals surface area contributed by atoms with E-state index in [1.165, 1.54) is 21.9 Å². The Morgan fingerprint density at radius 1 is 1.24 bits per heavy atom. The molecule has 0 saturated carbocycles. The average Bonchev–Trinajstić information content (AvgIpc) is 2.98. The SMILES string of the molecule is Cc1cc(C)c2nc(NC(=O)c3cnc4ccccn4c3=O)sc2c1. The molecule has 124 valence electrons. The van der Waals surface area contributed by atoms with Crippen molar-refractivity contribution >= 4 is 38.2 Å². The van der Waals surface area contributed by atoms with Crippen molar-refractivity contribution in [2.24, 2.45) is 0 Å². The first-order valence-corrected chi connectivity index (χ1v) is 8.50.